The van der Waals surface area contributed by atoms with E-state index < -0.39 is 10.0 Å². The number of halogens is 2. The molecule has 1 amide bonds. The summed E-state index contributed by atoms with van der Waals surface area (Å²) in [6.07, 6.45) is 0. The van der Waals surface area contributed by atoms with Gasteiger partial charge in [-0.25, -0.2) is 0 Å². The molecular formula is C19H15BrClN3O4S. The second-order valence-electron chi connectivity index (χ2n) is 5.88. The highest BCUT2D eigenvalue weighted by atomic mass is 79.9. The van der Waals surface area contributed by atoms with Gasteiger partial charge in [0.05, 0.1) is 10.6 Å². The van der Waals surface area contributed by atoms with Gasteiger partial charge >= 0.3 is 0 Å². The number of nitrogens with zero attached hydrogens (tertiary/aromatic N) is 1. The maximum atomic E-state index is 12.3. The topological polar surface area (TPSA) is 101 Å². The lowest BCUT2D eigenvalue weighted by molar-refractivity contribution is 0.0995. The summed E-state index contributed by atoms with van der Waals surface area (Å²) in [6.45, 7) is 1.67. The predicted molar refractivity (Wildman–Crippen MR) is 115 cm³/mol. The number of amides is 1. The van der Waals surface area contributed by atoms with Crippen LogP contribution in [-0.2, 0) is 10.0 Å². The molecular weight excluding hydrogens is 482 g/mol. The fraction of sp³-hybridized carbons (Fsp3) is 0.0526. The Morgan fingerprint density at radius 2 is 1.69 bits per heavy atom. The molecule has 3 aromatic rings. The van der Waals surface area contributed by atoms with E-state index in [1.54, 1.807) is 43.3 Å². The van der Waals surface area contributed by atoms with Crippen molar-refractivity contribution in [2.24, 2.45) is 5.10 Å². The van der Waals surface area contributed by atoms with Crippen molar-refractivity contribution in [3.63, 3.8) is 0 Å². The van der Waals surface area contributed by atoms with Gasteiger partial charge in [0.25, 0.3) is 15.9 Å². The second kappa shape index (κ2) is 8.81. The number of carbonyl (C=O) groups excluding carboxylic acids is 1. The maximum Gasteiger partial charge on any atom is 0.291 e. The van der Waals surface area contributed by atoms with Crippen molar-refractivity contribution in [2.45, 2.75) is 11.8 Å². The third kappa shape index (κ3) is 5.47. The van der Waals surface area contributed by atoms with E-state index in [1.165, 1.54) is 24.3 Å². The number of hydrogen-bond donors (Lipinski definition) is 2. The first-order chi connectivity index (χ1) is 13.7. The Morgan fingerprint density at radius 3 is 2.28 bits per heavy atom. The van der Waals surface area contributed by atoms with Crippen LogP contribution < -0.4 is 10.1 Å². The van der Waals surface area contributed by atoms with Crippen molar-refractivity contribution < 1.29 is 17.6 Å². The van der Waals surface area contributed by atoms with E-state index in [9.17, 15) is 13.2 Å². The largest absolute Gasteiger partial charge is 0.444 e. The van der Waals surface area contributed by atoms with Crippen LogP contribution in [-0.4, -0.2) is 20.0 Å². The second-order valence-corrected chi connectivity index (χ2v) is 8.76. The third-order valence-electron chi connectivity index (χ3n) is 3.82. The first-order valence-corrected chi connectivity index (χ1v) is 10.9. The fourth-order valence-corrected chi connectivity index (χ4v) is 3.57. The van der Waals surface area contributed by atoms with Gasteiger partial charge in [0, 0.05) is 10.7 Å². The molecule has 0 aliphatic carbocycles. The van der Waals surface area contributed by atoms with E-state index in [2.05, 4.69) is 31.2 Å². The van der Waals surface area contributed by atoms with E-state index >= 15 is 0 Å². The van der Waals surface area contributed by atoms with Crippen LogP contribution in [0.2, 0.25) is 5.02 Å². The van der Waals surface area contributed by atoms with E-state index in [0.29, 0.717) is 26.7 Å². The molecule has 0 unspecified atom stereocenters. The summed E-state index contributed by atoms with van der Waals surface area (Å²) in [7, 11) is -3.80. The molecule has 3 rings (SSSR count). The highest BCUT2D eigenvalue weighted by molar-refractivity contribution is 9.10. The summed E-state index contributed by atoms with van der Waals surface area (Å²) >= 11 is 8.92. The van der Waals surface area contributed by atoms with E-state index in [0.717, 1.165) is 0 Å². The summed E-state index contributed by atoms with van der Waals surface area (Å²) < 4.78 is 30.2. The minimum absolute atomic E-state index is 0.0565. The Bertz CT molecular complexity index is 1160. The molecule has 10 heteroatoms. The number of furan rings is 1. The lowest BCUT2D eigenvalue weighted by Crippen LogP contribution is -2.19. The fourth-order valence-electron chi connectivity index (χ4n) is 2.28. The van der Waals surface area contributed by atoms with Gasteiger partial charge in [-0.3, -0.25) is 4.79 Å². The van der Waals surface area contributed by atoms with Gasteiger partial charge in [-0.05, 0) is 76.9 Å². The smallest absolute Gasteiger partial charge is 0.291 e. The van der Waals surface area contributed by atoms with Crippen LogP contribution in [0, 0.1) is 0 Å². The average molecular weight is 497 g/mol. The summed E-state index contributed by atoms with van der Waals surface area (Å²) in [5.74, 6) is -0.208. The number of anilines is 1. The Kier molecular flexibility index (Phi) is 6.41. The Labute approximate surface area is 180 Å². The molecule has 0 atom stereocenters. The highest BCUT2D eigenvalue weighted by Crippen LogP contribution is 2.17. The van der Waals surface area contributed by atoms with Crippen molar-refractivity contribution in [3.05, 3.63) is 81.7 Å². The van der Waals surface area contributed by atoms with Crippen molar-refractivity contribution in [1.29, 1.82) is 0 Å². The Morgan fingerprint density at radius 1 is 1.03 bits per heavy atom. The molecule has 0 saturated carbocycles. The molecule has 2 N–H and O–H groups in total. The first-order valence-electron chi connectivity index (χ1n) is 8.23. The molecule has 0 radical (unpaired) electrons. The molecule has 150 valence electrons. The van der Waals surface area contributed by atoms with Crippen LogP contribution in [0.15, 0.2) is 79.7 Å². The lowest BCUT2D eigenvalue weighted by Gasteiger charge is -2.07. The standard InChI is InChI=1S/C19H15BrClN3O4S/c1-12(23-24-29(26,27)16-8-4-14(21)5-9-16)13-2-6-15(7-3-13)22-19(25)17-10-11-18(20)28-17/h2-11,24H,1H3,(H,22,25). The monoisotopic (exact) mass is 495 g/mol. The zero-order valence-electron chi connectivity index (χ0n) is 15.0. The summed E-state index contributed by atoms with van der Waals surface area (Å²) in [4.78, 5) is 14.3. The van der Waals surface area contributed by atoms with Crippen LogP contribution in [0.5, 0.6) is 0 Å². The maximum absolute atomic E-state index is 12.3. The molecule has 0 saturated heterocycles. The Balaban J connectivity index is 1.67. The molecule has 29 heavy (non-hydrogen) atoms. The molecule has 1 aromatic heterocycles. The quantitative estimate of drug-likeness (QED) is 0.383. The summed E-state index contributed by atoms with van der Waals surface area (Å²) in [5, 5.41) is 7.09. The van der Waals surface area contributed by atoms with Gasteiger partial charge in [-0.2, -0.15) is 18.4 Å². The van der Waals surface area contributed by atoms with Gasteiger partial charge in [0.2, 0.25) is 0 Å². The number of nitrogens with one attached hydrogen (secondary N) is 2. The van der Waals surface area contributed by atoms with Gasteiger partial charge in [0.15, 0.2) is 10.4 Å². The number of hydrazone groups is 1. The van der Waals surface area contributed by atoms with Crippen LogP contribution in [0.3, 0.4) is 0 Å². The molecule has 7 nitrogen and oxygen atoms in total. The number of benzene rings is 2. The zero-order valence-corrected chi connectivity index (χ0v) is 18.2. The van der Waals surface area contributed by atoms with Crippen LogP contribution in [0.4, 0.5) is 5.69 Å². The minimum atomic E-state index is -3.80. The van der Waals surface area contributed by atoms with E-state index in [1.807, 2.05) is 0 Å². The molecule has 0 bridgehead atoms. The van der Waals surface area contributed by atoms with Crippen LogP contribution in [0.25, 0.3) is 0 Å². The average Bonchev–Trinajstić information content (AvgIpc) is 3.14. The van der Waals surface area contributed by atoms with E-state index in [-0.39, 0.29) is 16.6 Å². The number of rotatable bonds is 6. The minimum Gasteiger partial charge on any atom is -0.444 e. The van der Waals surface area contributed by atoms with Crippen LogP contribution in [0.1, 0.15) is 23.0 Å². The summed E-state index contributed by atoms with van der Waals surface area (Å²) in [5.41, 5.74) is 1.69. The molecule has 0 spiro atoms. The predicted octanol–water partition coefficient (Wildman–Crippen LogP) is 4.65. The Hall–Kier alpha value is -2.62. The first kappa shape index (κ1) is 21.1. The normalized spacial score (nSPS) is 11.9. The van der Waals surface area contributed by atoms with Gasteiger partial charge in [0.1, 0.15) is 0 Å². The summed E-state index contributed by atoms with van der Waals surface area (Å²) in [6, 6.07) is 15.7. The molecule has 0 aliphatic rings. The lowest BCUT2D eigenvalue weighted by atomic mass is 10.1. The SMILES string of the molecule is CC(=NNS(=O)(=O)c1ccc(Cl)cc1)c1ccc(NC(=O)c2ccc(Br)o2)cc1. The van der Waals surface area contributed by atoms with Crippen molar-refractivity contribution in [2.75, 3.05) is 5.32 Å². The molecule has 0 aliphatic heterocycles. The van der Waals surface area contributed by atoms with Crippen LogP contribution >= 0.6 is 27.5 Å². The van der Waals surface area contributed by atoms with Gasteiger partial charge in [-0.1, -0.05) is 23.7 Å². The van der Waals surface area contributed by atoms with E-state index in [4.69, 9.17) is 16.0 Å². The number of hydrogen-bond acceptors (Lipinski definition) is 5. The molecule has 0 fully saturated rings. The number of sulfonamides is 1. The van der Waals surface area contributed by atoms with Crippen molar-refractivity contribution in [1.82, 2.24) is 4.83 Å². The van der Waals surface area contributed by atoms with Crippen molar-refractivity contribution in [3.8, 4) is 0 Å². The zero-order chi connectivity index (χ0) is 21.0. The highest BCUT2D eigenvalue weighted by Gasteiger charge is 2.13. The van der Waals surface area contributed by atoms with Gasteiger partial charge < -0.3 is 9.73 Å². The molecule has 1 heterocycles. The number of carbonyl (C=O) groups is 1. The molecule has 2 aromatic carbocycles. The third-order valence-corrected chi connectivity index (χ3v) is 5.72. The van der Waals surface area contributed by atoms with Crippen molar-refractivity contribution >= 4 is 54.9 Å². The van der Waals surface area contributed by atoms with Gasteiger partial charge in [-0.15, -0.1) is 0 Å².